The maximum Gasteiger partial charge on any atom is 0.417 e. The lowest BCUT2D eigenvalue weighted by Gasteiger charge is -2.31. The second-order valence-corrected chi connectivity index (χ2v) is 9.64. The first-order valence-electron chi connectivity index (χ1n) is 13.1. The predicted octanol–water partition coefficient (Wildman–Crippen LogP) is 9.24. The molecule has 2 aromatic carbocycles. The van der Waals surface area contributed by atoms with Gasteiger partial charge < -0.3 is 14.4 Å². The zero-order valence-corrected chi connectivity index (χ0v) is 22.6. The van der Waals surface area contributed by atoms with Gasteiger partial charge in [0.05, 0.1) is 23.0 Å². The second-order valence-electron chi connectivity index (χ2n) is 9.24. The molecule has 0 heterocycles. The highest BCUT2D eigenvalue weighted by atomic mass is 35.5. The van der Waals surface area contributed by atoms with E-state index in [0.717, 1.165) is 62.7 Å². The molecule has 0 radical (unpaired) electrons. The van der Waals surface area contributed by atoms with Gasteiger partial charge in [-0.25, -0.2) is 0 Å². The fraction of sp³-hybridized carbons (Fsp3) is 0.467. The van der Waals surface area contributed by atoms with E-state index in [2.05, 4.69) is 31.7 Å². The van der Waals surface area contributed by atoms with E-state index in [9.17, 15) is 13.2 Å². The molecule has 7 heteroatoms. The monoisotopic (exact) mass is 535 g/mol. The van der Waals surface area contributed by atoms with Gasteiger partial charge in [-0.1, -0.05) is 75.6 Å². The van der Waals surface area contributed by atoms with Gasteiger partial charge in [0.1, 0.15) is 11.5 Å². The Morgan fingerprint density at radius 2 is 1.76 bits per heavy atom. The van der Waals surface area contributed by atoms with Crippen LogP contribution in [0.3, 0.4) is 0 Å². The van der Waals surface area contributed by atoms with Crippen LogP contribution in [-0.2, 0) is 10.9 Å². The van der Waals surface area contributed by atoms with Gasteiger partial charge in [0, 0.05) is 23.9 Å². The molecule has 1 aliphatic carbocycles. The molecular formula is C30H37ClF3NO2. The SMILES string of the molecule is CCCCC1C(OCCCN(CC)CC)=CC=CC1c1ccccc1Oc1ccc(Cl)c(C(F)(F)F)c1. The normalized spacial score (nSPS) is 17.7. The Hall–Kier alpha value is -2.44. The van der Waals surface area contributed by atoms with Gasteiger partial charge in [0.25, 0.3) is 0 Å². The zero-order chi connectivity index (χ0) is 26.8. The molecule has 2 atom stereocenters. The zero-order valence-electron chi connectivity index (χ0n) is 21.9. The number of hydrogen-bond acceptors (Lipinski definition) is 3. The van der Waals surface area contributed by atoms with Gasteiger partial charge in [-0.15, -0.1) is 0 Å². The van der Waals surface area contributed by atoms with E-state index in [1.165, 1.54) is 12.1 Å². The number of para-hydroxylation sites is 1. The van der Waals surface area contributed by atoms with Gasteiger partial charge in [-0.05, 0) is 56.3 Å². The third-order valence-electron chi connectivity index (χ3n) is 6.78. The van der Waals surface area contributed by atoms with Gasteiger partial charge in [-0.2, -0.15) is 13.2 Å². The number of allylic oxidation sites excluding steroid dienone is 4. The molecule has 0 aromatic heterocycles. The number of rotatable bonds is 13. The number of hydrogen-bond donors (Lipinski definition) is 0. The van der Waals surface area contributed by atoms with Crippen molar-refractivity contribution in [2.75, 3.05) is 26.2 Å². The Morgan fingerprint density at radius 1 is 1.00 bits per heavy atom. The van der Waals surface area contributed by atoms with Crippen molar-refractivity contribution in [3.05, 3.63) is 82.6 Å². The molecular weight excluding hydrogens is 499 g/mol. The van der Waals surface area contributed by atoms with Crippen LogP contribution in [0.5, 0.6) is 11.5 Å². The van der Waals surface area contributed by atoms with Crippen molar-refractivity contribution in [1.29, 1.82) is 0 Å². The quantitative estimate of drug-likeness (QED) is 0.238. The summed E-state index contributed by atoms with van der Waals surface area (Å²) >= 11 is 5.80. The maximum absolute atomic E-state index is 13.4. The van der Waals surface area contributed by atoms with Crippen molar-refractivity contribution in [2.24, 2.45) is 5.92 Å². The minimum absolute atomic E-state index is 0.0140. The standard InChI is InChI=1S/C30H37ClF3NO2/c1-4-7-12-24-23(14-10-16-28(24)36-20-11-19-35(5-2)6-3)25-13-8-9-15-29(25)37-22-17-18-27(31)26(21-22)30(32,33)34/h8-10,13-18,21,23-24H,4-7,11-12,19-20H2,1-3H3. The second kappa shape index (κ2) is 13.9. The summed E-state index contributed by atoms with van der Waals surface area (Å²) in [7, 11) is 0. The predicted molar refractivity (Wildman–Crippen MR) is 144 cm³/mol. The molecule has 3 rings (SSSR count). The molecule has 0 amide bonds. The van der Waals surface area contributed by atoms with E-state index in [0.29, 0.717) is 12.4 Å². The van der Waals surface area contributed by atoms with Crippen molar-refractivity contribution in [3.63, 3.8) is 0 Å². The number of nitrogens with zero attached hydrogens (tertiary/aromatic N) is 1. The van der Waals surface area contributed by atoms with Crippen LogP contribution in [0.15, 0.2) is 66.5 Å². The van der Waals surface area contributed by atoms with Crippen LogP contribution in [0.1, 0.15) is 63.5 Å². The largest absolute Gasteiger partial charge is 0.498 e. The van der Waals surface area contributed by atoms with Crippen LogP contribution >= 0.6 is 11.6 Å². The Morgan fingerprint density at radius 3 is 2.46 bits per heavy atom. The summed E-state index contributed by atoms with van der Waals surface area (Å²) in [6.45, 7) is 10.2. The van der Waals surface area contributed by atoms with Crippen LogP contribution in [0, 0.1) is 5.92 Å². The molecule has 0 spiro atoms. The van der Waals surface area contributed by atoms with E-state index in [1.54, 1.807) is 6.07 Å². The molecule has 2 aromatic rings. The molecule has 37 heavy (non-hydrogen) atoms. The van der Waals surface area contributed by atoms with Crippen LogP contribution in [0.4, 0.5) is 13.2 Å². The Labute approximate surface area is 223 Å². The molecule has 0 bridgehead atoms. The molecule has 0 saturated heterocycles. The number of benzene rings is 2. The van der Waals surface area contributed by atoms with Crippen LogP contribution < -0.4 is 4.74 Å². The van der Waals surface area contributed by atoms with Crippen molar-refractivity contribution in [1.82, 2.24) is 4.90 Å². The summed E-state index contributed by atoms with van der Waals surface area (Å²) in [6, 6.07) is 11.2. The lowest BCUT2D eigenvalue weighted by Crippen LogP contribution is -2.25. The highest BCUT2D eigenvalue weighted by molar-refractivity contribution is 6.31. The first-order chi connectivity index (χ1) is 17.8. The van der Waals surface area contributed by atoms with E-state index >= 15 is 0 Å². The van der Waals surface area contributed by atoms with Crippen molar-refractivity contribution in [2.45, 2.75) is 58.5 Å². The molecule has 202 valence electrons. The average Bonchev–Trinajstić information content (AvgIpc) is 2.88. The maximum atomic E-state index is 13.4. The van der Waals surface area contributed by atoms with Gasteiger partial charge in [-0.3, -0.25) is 0 Å². The van der Waals surface area contributed by atoms with Crippen molar-refractivity contribution < 1.29 is 22.6 Å². The van der Waals surface area contributed by atoms with Gasteiger partial charge in [0.2, 0.25) is 0 Å². The van der Waals surface area contributed by atoms with E-state index in [4.69, 9.17) is 21.1 Å². The highest BCUT2D eigenvalue weighted by Crippen LogP contribution is 2.43. The summed E-state index contributed by atoms with van der Waals surface area (Å²) in [4.78, 5) is 2.38. The number of halogens is 4. The Kier molecular flexibility index (Phi) is 11.0. The molecule has 3 nitrogen and oxygen atoms in total. The minimum Gasteiger partial charge on any atom is -0.498 e. The molecule has 1 aliphatic rings. The molecule has 0 N–H and O–H groups in total. The van der Waals surface area contributed by atoms with Crippen molar-refractivity contribution >= 4 is 11.6 Å². The lowest BCUT2D eigenvalue weighted by molar-refractivity contribution is -0.137. The first-order valence-corrected chi connectivity index (χ1v) is 13.5. The fourth-order valence-corrected chi connectivity index (χ4v) is 4.93. The summed E-state index contributed by atoms with van der Waals surface area (Å²) in [5.74, 6) is 1.69. The number of ether oxygens (including phenoxy) is 2. The third-order valence-corrected chi connectivity index (χ3v) is 7.11. The summed E-state index contributed by atoms with van der Waals surface area (Å²) < 4.78 is 52.5. The van der Waals surface area contributed by atoms with Crippen LogP contribution in [-0.4, -0.2) is 31.1 Å². The third kappa shape index (κ3) is 8.02. The lowest BCUT2D eigenvalue weighted by atomic mass is 9.78. The average molecular weight is 536 g/mol. The first kappa shape index (κ1) is 29.1. The Balaban J connectivity index is 1.82. The van der Waals surface area contributed by atoms with Crippen LogP contribution in [0.25, 0.3) is 0 Å². The fourth-order valence-electron chi connectivity index (χ4n) is 4.71. The summed E-state index contributed by atoms with van der Waals surface area (Å²) in [5, 5.41) is -0.351. The smallest absolute Gasteiger partial charge is 0.417 e. The van der Waals surface area contributed by atoms with E-state index < -0.39 is 11.7 Å². The summed E-state index contributed by atoms with van der Waals surface area (Å²) in [5.41, 5.74) is 0.00608. The topological polar surface area (TPSA) is 21.7 Å². The Bertz CT molecular complexity index is 1060. The number of unbranched alkanes of at least 4 members (excludes halogenated alkanes) is 1. The van der Waals surface area contributed by atoms with Crippen molar-refractivity contribution in [3.8, 4) is 11.5 Å². The molecule has 0 fully saturated rings. The minimum atomic E-state index is -4.56. The molecule has 0 saturated carbocycles. The summed E-state index contributed by atoms with van der Waals surface area (Å²) in [6.07, 6.45) is 5.63. The highest BCUT2D eigenvalue weighted by Gasteiger charge is 2.34. The molecule has 2 unspecified atom stereocenters. The van der Waals surface area contributed by atoms with E-state index in [1.807, 2.05) is 30.4 Å². The molecule has 0 aliphatic heterocycles. The van der Waals surface area contributed by atoms with Crippen LogP contribution in [0.2, 0.25) is 5.02 Å². The van der Waals surface area contributed by atoms with E-state index in [-0.39, 0.29) is 22.6 Å². The van der Waals surface area contributed by atoms with Gasteiger partial charge >= 0.3 is 6.18 Å². The van der Waals surface area contributed by atoms with Gasteiger partial charge in [0.15, 0.2) is 0 Å². The number of alkyl halides is 3.